The average molecular weight is 307 g/mol. The van der Waals surface area contributed by atoms with Crippen LogP contribution in [0.2, 0.25) is 5.02 Å². The molecule has 0 saturated carbocycles. The fourth-order valence-corrected chi connectivity index (χ4v) is 2.76. The summed E-state index contributed by atoms with van der Waals surface area (Å²) in [6.07, 6.45) is 1.94. The van der Waals surface area contributed by atoms with Gasteiger partial charge in [-0.2, -0.15) is 0 Å². The SMILES string of the molecule is O=C(c1ccc(Cl)cc1)c1nc2ccccc2n2cccc12. The molecule has 4 aromatic rings. The molecule has 0 fully saturated rings. The molecule has 22 heavy (non-hydrogen) atoms. The summed E-state index contributed by atoms with van der Waals surface area (Å²) in [5.74, 6) is -0.105. The Hall–Kier alpha value is -2.65. The van der Waals surface area contributed by atoms with Gasteiger partial charge in [0.2, 0.25) is 5.78 Å². The molecule has 2 aromatic carbocycles. The van der Waals surface area contributed by atoms with Crippen LogP contribution in [-0.4, -0.2) is 15.2 Å². The zero-order chi connectivity index (χ0) is 15.1. The summed E-state index contributed by atoms with van der Waals surface area (Å²) in [7, 11) is 0. The number of rotatable bonds is 2. The quantitative estimate of drug-likeness (QED) is 0.515. The van der Waals surface area contributed by atoms with Gasteiger partial charge >= 0.3 is 0 Å². The van der Waals surface area contributed by atoms with Gasteiger partial charge in [0.1, 0.15) is 5.69 Å². The Morgan fingerprint density at radius 1 is 0.909 bits per heavy atom. The number of fused-ring (bicyclic) bond motifs is 3. The van der Waals surface area contributed by atoms with Gasteiger partial charge in [0.25, 0.3) is 0 Å². The second-order valence-corrected chi connectivity index (χ2v) is 5.49. The van der Waals surface area contributed by atoms with Gasteiger partial charge in [0.15, 0.2) is 0 Å². The lowest BCUT2D eigenvalue weighted by molar-refractivity contribution is 0.103. The van der Waals surface area contributed by atoms with Crippen LogP contribution in [0.1, 0.15) is 16.1 Å². The molecule has 0 unspecified atom stereocenters. The first-order valence-corrected chi connectivity index (χ1v) is 7.28. The Balaban J connectivity index is 1.98. The van der Waals surface area contributed by atoms with Crippen molar-refractivity contribution < 1.29 is 4.79 Å². The van der Waals surface area contributed by atoms with Crippen molar-refractivity contribution in [2.24, 2.45) is 0 Å². The minimum atomic E-state index is -0.105. The predicted octanol–water partition coefficient (Wildman–Crippen LogP) is 4.37. The molecule has 0 bridgehead atoms. The van der Waals surface area contributed by atoms with Crippen LogP contribution in [0.15, 0.2) is 66.9 Å². The van der Waals surface area contributed by atoms with Crippen molar-refractivity contribution in [1.82, 2.24) is 9.38 Å². The van der Waals surface area contributed by atoms with E-state index in [0.29, 0.717) is 16.3 Å². The molecule has 0 aliphatic rings. The minimum absolute atomic E-state index is 0.105. The summed E-state index contributed by atoms with van der Waals surface area (Å²) < 4.78 is 1.99. The third kappa shape index (κ3) is 1.98. The van der Waals surface area contributed by atoms with E-state index in [4.69, 9.17) is 11.6 Å². The molecule has 106 valence electrons. The topological polar surface area (TPSA) is 34.4 Å². The van der Waals surface area contributed by atoms with E-state index in [1.165, 1.54) is 0 Å². The van der Waals surface area contributed by atoms with E-state index in [1.807, 2.05) is 47.0 Å². The third-order valence-corrected chi connectivity index (χ3v) is 3.94. The van der Waals surface area contributed by atoms with E-state index >= 15 is 0 Å². The molecule has 3 nitrogen and oxygen atoms in total. The summed E-state index contributed by atoms with van der Waals surface area (Å²) in [6.45, 7) is 0. The highest BCUT2D eigenvalue weighted by Gasteiger charge is 2.16. The van der Waals surface area contributed by atoms with E-state index < -0.39 is 0 Å². The van der Waals surface area contributed by atoms with Gasteiger partial charge in [0.05, 0.1) is 16.6 Å². The normalized spacial score (nSPS) is 11.1. The van der Waals surface area contributed by atoms with Crippen LogP contribution in [0.5, 0.6) is 0 Å². The van der Waals surface area contributed by atoms with Gasteiger partial charge in [-0.1, -0.05) is 23.7 Å². The smallest absolute Gasteiger partial charge is 0.213 e. The molecule has 2 heterocycles. The summed E-state index contributed by atoms with van der Waals surface area (Å²) in [4.78, 5) is 17.4. The molecule has 4 rings (SSSR count). The van der Waals surface area contributed by atoms with Crippen LogP contribution in [0, 0.1) is 0 Å². The summed E-state index contributed by atoms with van der Waals surface area (Å²) >= 11 is 5.89. The fourth-order valence-electron chi connectivity index (χ4n) is 2.63. The van der Waals surface area contributed by atoms with Crippen LogP contribution < -0.4 is 0 Å². The van der Waals surface area contributed by atoms with E-state index in [2.05, 4.69) is 4.98 Å². The van der Waals surface area contributed by atoms with Gasteiger partial charge < -0.3 is 4.40 Å². The minimum Gasteiger partial charge on any atom is -0.313 e. The van der Waals surface area contributed by atoms with Crippen molar-refractivity contribution in [3.8, 4) is 0 Å². The predicted molar refractivity (Wildman–Crippen MR) is 87.6 cm³/mol. The number of nitrogens with zero attached hydrogens (tertiary/aromatic N) is 2. The van der Waals surface area contributed by atoms with Crippen molar-refractivity contribution >= 4 is 33.9 Å². The molecule has 0 N–H and O–H groups in total. The molecule has 0 radical (unpaired) electrons. The number of hydrogen-bond acceptors (Lipinski definition) is 2. The Labute approximate surface area is 131 Å². The third-order valence-electron chi connectivity index (χ3n) is 3.69. The Morgan fingerprint density at radius 2 is 1.64 bits per heavy atom. The highest BCUT2D eigenvalue weighted by Crippen LogP contribution is 2.21. The van der Waals surface area contributed by atoms with Crippen molar-refractivity contribution in [3.63, 3.8) is 0 Å². The van der Waals surface area contributed by atoms with Gasteiger partial charge in [-0.15, -0.1) is 0 Å². The number of halogens is 1. The number of aromatic nitrogens is 2. The molecule has 0 spiro atoms. The first-order chi connectivity index (χ1) is 10.7. The monoisotopic (exact) mass is 306 g/mol. The average Bonchev–Trinajstić information content (AvgIpc) is 3.04. The molecule has 4 heteroatoms. The number of para-hydroxylation sites is 2. The number of hydrogen-bond donors (Lipinski definition) is 0. The maximum Gasteiger partial charge on any atom is 0.213 e. The molecule has 0 saturated heterocycles. The number of carbonyl (C=O) groups excluding carboxylic acids is 1. The maximum absolute atomic E-state index is 12.8. The van der Waals surface area contributed by atoms with Crippen LogP contribution in [-0.2, 0) is 0 Å². The summed E-state index contributed by atoms with van der Waals surface area (Å²) in [5.41, 5.74) is 3.61. The fraction of sp³-hybridized carbons (Fsp3) is 0. The molecule has 0 aliphatic carbocycles. The largest absolute Gasteiger partial charge is 0.313 e. The molecule has 0 aliphatic heterocycles. The Morgan fingerprint density at radius 3 is 2.45 bits per heavy atom. The number of ketones is 1. The molecular formula is C18H11ClN2O. The zero-order valence-corrected chi connectivity index (χ0v) is 12.3. The van der Waals surface area contributed by atoms with Crippen LogP contribution in [0.4, 0.5) is 0 Å². The van der Waals surface area contributed by atoms with Gasteiger partial charge in [-0.25, -0.2) is 4.98 Å². The van der Waals surface area contributed by atoms with Crippen molar-refractivity contribution in [1.29, 1.82) is 0 Å². The number of carbonyl (C=O) groups is 1. The van der Waals surface area contributed by atoms with Gasteiger partial charge in [-0.3, -0.25) is 4.79 Å². The highest BCUT2D eigenvalue weighted by molar-refractivity contribution is 6.30. The molecule has 2 aromatic heterocycles. The van der Waals surface area contributed by atoms with E-state index in [9.17, 15) is 4.79 Å². The van der Waals surface area contributed by atoms with E-state index in [0.717, 1.165) is 16.6 Å². The zero-order valence-electron chi connectivity index (χ0n) is 11.5. The molecule has 0 atom stereocenters. The Bertz CT molecular complexity index is 1000. The lowest BCUT2D eigenvalue weighted by Crippen LogP contribution is -2.07. The van der Waals surface area contributed by atoms with E-state index in [-0.39, 0.29) is 5.78 Å². The van der Waals surface area contributed by atoms with Gasteiger partial charge in [-0.05, 0) is 48.5 Å². The van der Waals surface area contributed by atoms with Crippen molar-refractivity contribution in [2.45, 2.75) is 0 Å². The van der Waals surface area contributed by atoms with Crippen LogP contribution in [0.3, 0.4) is 0 Å². The second-order valence-electron chi connectivity index (χ2n) is 5.05. The first kappa shape index (κ1) is 13.0. The summed E-state index contributed by atoms with van der Waals surface area (Å²) in [5, 5.41) is 0.607. The highest BCUT2D eigenvalue weighted by atomic mass is 35.5. The van der Waals surface area contributed by atoms with Crippen LogP contribution in [0.25, 0.3) is 16.6 Å². The van der Waals surface area contributed by atoms with Crippen molar-refractivity contribution in [2.75, 3.05) is 0 Å². The molecular weight excluding hydrogens is 296 g/mol. The van der Waals surface area contributed by atoms with Crippen molar-refractivity contribution in [3.05, 3.63) is 83.1 Å². The lowest BCUT2D eigenvalue weighted by Gasteiger charge is -2.08. The Kier molecular flexibility index (Phi) is 2.94. The number of benzene rings is 2. The van der Waals surface area contributed by atoms with E-state index in [1.54, 1.807) is 24.3 Å². The summed E-state index contributed by atoms with van der Waals surface area (Å²) in [6, 6.07) is 18.5. The lowest BCUT2D eigenvalue weighted by atomic mass is 10.1. The second kappa shape index (κ2) is 4.97. The standard InChI is InChI=1S/C18H11ClN2O/c19-13-9-7-12(8-10-13)18(22)17-16-6-3-11-21(16)15-5-2-1-4-14(15)20-17/h1-11H. The maximum atomic E-state index is 12.8. The van der Waals surface area contributed by atoms with Crippen LogP contribution >= 0.6 is 11.6 Å². The molecule has 0 amide bonds. The first-order valence-electron chi connectivity index (χ1n) is 6.90. The van der Waals surface area contributed by atoms with Gasteiger partial charge in [0, 0.05) is 16.8 Å².